The van der Waals surface area contributed by atoms with Gasteiger partial charge in [-0.2, -0.15) is 0 Å². The molecule has 0 radical (unpaired) electrons. The zero-order valence-electron chi connectivity index (χ0n) is 16.5. The highest BCUT2D eigenvalue weighted by atomic mass is 16.5. The Bertz CT molecular complexity index is 1300. The lowest BCUT2D eigenvalue weighted by Gasteiger charge is -2.09. The van der Waals surface area contributed by atoms with Gasteiger partial charge in [0.15, 0.2) is 0 Å². The van der Waals surface area contributed by atoms with Gasteiger partial charge in [0.2, 0.25) is 5.88 Å². The molecular weight excluding hydrogens is 372 g/mol. The summed E-state index contributed by atoms with van der Waals surface area (Å²) in [5, 5.41) is 8.30. The van der Waals surface area contributed by atoms with Crippen molar-refractivity contribution in [3.8, 4) is 28.1 Å². The monoisotopic (exact) mass is 392 g/mol. The molecule has 5 heteroatoms. The normalized spacial score (nSPS) is 11.0. The molecule has 5 aromatic rings. The molecule has 0 amide bonds. The van der Waals surface area contributed by atoms with Gasteiger partial charge in [0.25, 0.3) is 0 Å². The fraction of sp³-hybridized carbons (Fsp3) is 0.0800. The summed E-state index contributed by atoms with van der Waals surface area (Å²) in [6.45, 7) is 2.41. The number of nitrogens with zero attached hydrogens (tertiary/aromatic N) is 3. The summed E-state index contributed by atoms with van der Waals surface area (Å²) in [7, 11) is 0. The molecule has 146 valence electrons. The van der Waals surface area contributed by atoms with Crippen LogP contribution in [-0.4, -0.2) is 20.2 Å². The molecule has 0 bridgehead atoms. The first-order chi connectivity index (χ1) is 14.8. The van der Waals surface area contributed by atoms with Crippen molar-refractivity contribution in [2.24, 2.45) is 0 Å². The number of hydrogen-bond acceptors (Lipinski definition) is 4. The molecule has 0 atom stereocenters. The average molecular weight is 392 g/mol. The Morgan fingerprint density at radius 2 is 1.70 bits per heavy atom. The van der Waals surface area contributed by atoms with E-state index in [9.17, 15) is 0 Å². The van der Waals surface area contributed by atoms with Crippen LogP contribution in [0.25, 0.3) is 33.2 Å². The maximum absolute atomic E-state index is 6.00. The number of rotatable bonds is 5. The standard InChI is InChI=1S/C25H20N4O/c1-17-14-21(11-13-26-17)23-15-28-29-25(23)30-16-18-7-9-19(10-8-18)22-6-2-4-20-5-3-12-27-24(20)22/h2-15H,16H2,1H3,(H,28,29). The predicted octanol–water partition coefficient (Wildman–Crippen LogP) is 5.57. The zero-order valence-corrected chi connectivity index (χ0v) is 16.5. The van der Waals surface area contributed by atoms with Crippen molar-refractivity contribution >= 4 is 10.9 Å². The first-order valence-corrected chi connectivity index (χ1v) is 9.80. The van der Waals surface area contributed by atoms with Crippen molar-refractivity contribution in [2.45, 2.75) is 13.5 Å². The van der Waals surface area contributed by atoms with Crippen LogP contribution in [0.3, 0.4) is 0 Å². The fourth-order valence-electron chi connectivity index (χ4n) is 3.58. The summed E-state index contributed by atoms with van der Waals surface area (Å²) in [5.41, 5.74) is 7.27. The van der Waals surface area contributed by atoms with Crippen LogP contribution in [0.2, 0.25) is 0 Å². The van der Waals surface area contributed by atoms with Crippen LogP contribution < -0.4 is 4.74 Å². The molecule has 0 aliphatic carbocycles. The molecule has 0 saturated carbocycles. The van der Waals surface area contributed by atoms with E-state index in [-0.39, 0.29) is 0 Å². The van der Waals surface area contributed by atoms with Gasteiger partial charge in [-0.15, -0.1) is 5.10 Å². The molecule has 0 aliphatic rings. The highest BCUT2D eigenvalue weighted by molar-refractivity contribution is 5.93. The smallest absolute Gasteiger partial charge is 0.240 e. The van der Waals surface area contributed by atoms with Crippen molar-refractivity contribution < 1.29 is 4.74 Å². The summed E-state index contributed by atoms with van der Waals surface area (Å²) >= 11 is 0. The van der Waals surface area contributed by atoms with Gasteiger partial charge in [-0.1, -0.05) is 48.5 Å². The molecule has 0 spiro atoms. The van der Waals surface area contributed by atoms with Gasteiger partial charge in [-0.25, -0.2) is 0 Å². The van der Waals surface area contributed by atoms with E-state index in [1.54, 1.807) is 6.20 Å². The third-order valence-corrected chi connectivity index (χ3v) is 5.09. The van der Waals surface area contributed by atoms with Crippen LogP contribution in [0, 0.1) is 6.92 Å². The summed E-state index contributed by atoms with van der Waals surface area (Å²) in [6, 6.07) is 22.7. The number of nitrogens with one attached hydrogen (secondary N) is 1. The number of aromatic nitrogens is 4. The highest BCUT2D eigenvalue weighted by Crippen LogP contribution is 2.29. The Hall–Kier alpha value is -3.99. The fourth-order valence-corrected chi connectivity index (χ4v) is 3.58. The molecular formula is C25H20N4O. The second-order valence-corrected chi connectivity index (χ2v) is 7.16. The van der Waals surface area contributed by atoms with Crippen molar-refractivity contribution in [1.29, 1.82) is 0 Å². The maximum atomic E-state index is 6.00. The second kappa shape index (κ2) is 7.79. The minimum Gasteiger partial charge on any atom is -0.471 e. The van der Waals surface area contributed by atoms with Gasteiger partial charge in [0.1, 0.15) is 6.61 Å². The summed E-state index contributed by atoms with van der Waals surface area (Å²) < 4.78 is 6.00. The number of H-pyrrole nitrogens is 1. The Kier molecular flexibility index (Phi) is 4.69. The third kappa shape index (κ3) is 3.53. The minimum absolute atomic E-state index is 0.440. The maximum Gasteiger partial charge on any atom is 0.240 e. The number of para-hydroxylation sites is 1. The molecule has 1 N–H and O–H groups in total. The van der Waals surface area contributed by atoms with Crippen LogP contribution in [0.4, 0.5) is 0 Å². The van der Waals surface area contributed by atoms with Gasteiger partial charge in [0, 0.05) is 35.2 Å². The van der Waals surface area contributed by atoms with E-state index in [0.717, 1.165) is 44.4 Å². The Labute approximate surface area is 174 Å². The van der Waals surface area contributed by atoms with Crippen molar-refractivity contribution in [2.75, 3.05) is 0 Å². The number of pyridine rings is 2. The lowest BCUT2D eigenvalue weighted by atomic mass is 10.0. The molecule has 30 heavy (non-hydrogen) atoms. The topological polar surface area (TPSA) is 63.7 Å². The SMILES string of the molecule is Cc1cc(-c2c[nH]nc2OCc2ccc(-c3cccc4cccnc34)cc2)ccn1. The third-order valence-electron chi connectivity index (χ3n) is 5.09. The van der Waals surface area contributed by atoms with Gasteiger partial charge >= 0.3 is 0 Å². The van der Waals surface area contributed by atoms with E-state index in [4.69, 9.17) is 4.74 Å². The first-order valence-electron chi connectivity index (χ1n) is 9.80. The van der Waals surface area contributed by atoms with Crippen molar-refractivity contribution in [1.82, 2.24) is 20.2 Å². The highest BCUT2D eigenvalue weighted by Gasteiger charge is 2.11. The Morgan fingerprint density at radius 3 is 2.57 bits per heavy atom. The number of fused-ring (bicyclic) bond motifs is 1. The van der Waals surface area contributed by atoms with Crippen LogP contribution in [0.5, 0.6) is 5.88 Å². The quantitative estimate of drug-likeness (QED) is 0.424. The number of aryl methyl sites for hydroxylation is 1. The number of benzene rings is 2. The Morgan fingerprint density at radius 1 is 0.833 bits per heavy atom. The molecule has 2 aromatic carbocycles. The zero-order chi connectivity index (χ0) is 20.3. The van der Waals surface area contributed by atoms with E-state index in [1.807, 2.05) is 37.5 Å². The number of hydrogen-bond donors (Lipinski definition) is 1. The summed E-state index contributed by atoms with van der Waals surface area (Å²) in [6.07, 6.45) is 5.48. The molecule has 3 aromatic heterocycles. The van der Waals surface area contributed by atoms with E-state index in [0.29, 0.717) is 12.5 Å². The predicted molar refractivity (Wildman–Crippen MR) is 118 cm³/mol. The van der Waals surface area contributed by atoms with Crippen molar-refractivity contribution in [3.63, 3.8) is 0 Å². The van der Waals surface area contributed by atoms with E-state index >= 15 is 0 Å². The molecule has 3 heterocycles. The van der Waals surface area contributed by atoms with Crippen LogP contribution in [0.1, 0.15) is 11.3 Å². The van der Waals surface area contributed by atoms with Gasteiger partial charge in [-0.05, 0) is 41.8 Å². The van der Waals surface area contributed by atoms with Gasteiger partial charge in [0.05, 0.1) is 11.1 Å². The largest absolute Gasteiger partial charge is 0.471 e. The molecule has 0 fully saturated rings. The molecule has 5 nitrogen and oxygen atoms in total. The lowest BCUT2D eigenvalue weighted by Crippen LogP contribution is -1.97. The first kappa shape index (κ1) is 18.1. The molecule has 0 aliphatic heterocycles. The second-order valence-electron chi connectivity index (χ2n) is 7.16. The summed E-state index contributed by atoms with van der Waals surface area (Å²) in [5.74, 6) is 0.586. The van der Waals surface area contributed by atoms with Crippen LogP contribution >= 0.6 is 0 Å². The van der Waals surface area contributed by atoms with Gasteiger partial charge in [-0.3, -0.25) is 15.1 Å². The van der Waals surface area contributed by atoms with E-state index in [1.165, 1.54) is 0 Å². The van der Waals surface area contributed by atoms with E-state index in [2.05, 4.69) is 68.7 Å². The molecule has 0 unspecified atom stereocenters. The van der Waals surface area contributed by atoms with Gasteiger partial charge < -0.3 is 4.74 Å². The number of ether oxygens (including phenoxy) is 1. The molecule has 0 saturated heterocycles. The van der Waals surface area contributed by atoms with Crippen molar-refractivity contribution in [3.05, 3.63) is 96.6 Å². The van der Waals surface area contributed by atoms with Crippen LogP contribution in [-0.2, 0) is 6.61 Å². The minimum atomic E-state index is 0.440. The lowest BCUT2D eigenvalue weighted by molar-refractivity contribution is 0.294. The average Bonchev–Trinajstić information content (AvgIpc) is 3.26. The Balaban J connectivity index is 1.35. The van der Waals surface area contributed by atoms with Crippen LogP contribution in [0.15, 0.2) is 85.3 Å². The number of aromatic amines is 1. The molecule has 5 rings (SSSR count). The van der Waals surface area contributed by atoms with E-state index < -0.39 is 0 Å². The summed E-state index contributed by atoms with van der Waals surface area (Å²) in [4.78, 5) is 8.80.